The van der Waals surface area contributed by atoms with E-state index < -0.39 is 22.8 Å². The number of hydrogen-bond acceptors (Lipinski definition) is 2. The summed E-state index contributed by atoms with van der Waals surface area (Å²) in [5.74, 6) is -2.54. The van der Waals surface area contributed by atoms with Gasteiger partial charge in [-0.2, -0.15) is 0 Å². The smallest absolute Gasteiger partial charge is 0.311 e. The maximum Gasteiger partial charge on any atom is 0.311 e. The van der Waals surface area contributed by atoms with Crippen molar-refractivity contribution in [2.45, 2.75) is 47.0 Å². The fraction of sp³-hybridized carbons (Fsp3) is 0.733. The number of allylic oxidation sites excluding steroid dienone is 2. The van der Waals surface area contributed by atoms with Crippen molar-refractivity contribution in [3.63, 3.8) is 0 Å². The van der Waals surface area contributed by atoms with E-state index in [2.05, 4.69) is 0 Å². The highest BCUT2D eigenvalue weighted by Crippen LogP contribution is 2.58. The van der Waals surface area contributed by atoms with Crippen LogP contribution in [-0.2, 0) is 9.59 Å². The molecular formula is C15H24O4. The predicted molar refractivity (Wildman–Crippen MR) is 72.8 cm³/mol. The molecule has 1 aliphatic rings. The number of hydrogen-bond donors (Lipinski definition) is 2. The molecule has 0 fully saturated rings. The summed E-state index contributed by atoms with van der Waals surface area (Å²) < 4.78 is 0. The Hall–Kier alpha value is -1.32. The van der Waals surface area contributed by atoms with Gasteiger partial charge in [-0.05, 0) is 24.7 Å². The first kappa shape index (κ1) is 15.7. The molecule has 19 heavy (non-hydrogen) atoms. The van der Waals surface area contributed by atoms with Crippen molar-refractivity contribution in [1.29, 1.82) is 0 Å². The molecule has 0 aromatic heterocycles. The molecule has 4 nitrogen and oxygen atoms in total. The highest BCUT2D eigenvalue weighted by Gasteiger charge is 2.65. The molecule has 0 bridgehead atoms. The minimum atomic E-state index is -1.23. The topological polar surface area (TPSA) is 74.6 Å². The Bertz CT molecular complexity index is 401. The van der Waals surface area contributed by atoms with Crippen molar-refractivity contribution >= 4 is 11.9 Å². The van der Waals surface area contributed by atoms with Crippen molar-refractivity contribution < 1.29 is 19.8 Å². The highest BCUT2D eigenvalue weighted by molar-refractivity contribution is 5.88. The lowest BCUT2D eigenvalue weighted by molar-refractivity contribution is -0.186. The Kier molecular flexibility index (Phi) is 4.43. The second-order valence-corrected chi connectivity index (χ2v) is 5.62. The summed E-state index contributed by atoms with van der Waals surface area (Å²) in [6.07, 6.45) is 5.10. The molecule has 0 saturated heterocycles. The standard InChI is InChI=1S/C15H24O4/c1-5-9-15(13(18)19)11(4)8-7-10(3)14(15,6-2)12(16)17/h7-8,10-11H,5-6,9H2,1-4H3,(H,16,17)(H,18,19)/t10-,11-,14?,15?/m0/s1. The molecular weight excluding hydrogens is 244 g/mol. The zero-order chi connectivity index (χ0) is 14.8. The molecule has 0 heterocycles. The Morgan fingerprint density at radius 1 is 1.00 bits per heavy atom. The molecule has 2 N–H and O–H groups in total. The molecule has 4 atom stereocenters. The van der Waals surface area contributed by atoms with Crippen LogP contribution in [0.2, 0.25) is 0 Å². The second-order valence-electron chi connectivity index (χ2n) is 5.62. The van der Waals surface area contributed by atoms with Crippen LogP contribution in [0.3, 0.4) is 0 Å². The SMILES string of the molecule is CCCC1(C(=O)O)[C@@H](C)C=C[C@H](C)C1(CC)C(=O)O. The average molecular weight is 268 g/mol. The van der Waals surface area contributed by atoms with Crippen LogP contribution in [0.1, 0.15) is 47.0 Å². The van der Waals surface area contributed by atoms with Crippen molar-refractivity contribution in [1.82, 2.24) is 0 Å². The van der Waals surface area contributed by atoms with Crippen LogP contribution in [0.5, 0.6) is 0 Å². The zero-order valence-corrected chi connectivity index (χ0v) is 12.1. The van der Waals surface area contributed by atoms with Crippen molar-refractivity contribution in [3.8, 4) is 0 Å². The van der Waals surface area contributed by atoms with Gasteiger partial charge in [0.1, 0.15) is 0 Å². The summed E-state index contributed by atoms with van der Waals surface area (Å²) >= 11 is 0. The number of carbonyl (C=O) groups is 2. The largest absolute Gasteiger partial charge is 0.481 e. The van der Waals surface area contributed by atoms with Crippen LogP contribution in [0.25, 0.3) is 0 Å². The minimum Gasteiger partial charge on any atom is -0.481 e. The van der Waals surface area contributed by atoms with Gasteiger partial charge in [0, 0.05) is 0 Å². The lowest BCUT2D eigenvalue weighted by Crippen LogP contribution is -2.59. The van der Waals surface area contributed by atoms with Gasteiger partial charge in [0.05, 0.1) is 10.8 Å². The van der Waals surface area contributed by atoms with Gasteiger partial charge in [-0.15, -0.1) is 0 Å². The van der Waals surface area contributed by atoms with Crippen LogP contribution in [0.4, 0.5) is 0 Å². The zero-order valence-electron chi connectivity index (χ0n) is 12.1. The van der Waals surface area contributed by atoms with E-state index in [1.165, 1.54) is 0 Å². The third kappa shape index (κ3) is 1.88. The number of carboxylic acids is 2. The van der Waals surface area contributed by atoms with E-state index in [1.54, 1.807) is 6.92 Å². The summed E-state index contributed by atoms with van der Waals surface area (Å²) in [5.41, 5.74) is -2.46. The highest BCUT2D eigenvalue weighted by atomic mass is 16.4. The summed E-state index contributed by atoms with van der Waals surface area (Å²) in [7, 11) is 0. The first-order chi connectivity index (χ1) is 8.81. The van der Waals surface area contributed by atoms with Gasteiger partial charge < -0.3 is 10.2 Å². The number of carboxylic acid groups (broad SMARTS) is 2. The van der Waals surface area contributed by atoms with E-state index in [4.69, 9.17) is 0 Å². The van der Waals surface area contributed by atoms with Crippen molar-refractivity contribution in [2.75, 3.05) is 0 Å². The van der Waals surface area contributed by atoms with E-state index in [-0.39, 0.29) is 11.8 Å². The molecule has 1 rings (SSSR count). The Morgan fingerprint density at radius 2 is 1.42 bits per heavy atom. The maximum atomic E-state index is 12.0. The number of rotatable bonds is 5. The van der Waals surface area contributed by atoms with Crippen molar-refractivity contribution in [3.05, 3.63) is 12.2 Å². The van der Waals surface area contributed by atoms with E-state index in [0.29, 0.717) is 19.3 Å². The molecule has 0 amide bonds. The lowest BCUT2D eigenvalue weighted by atomic mass is 9.48. The Balaban J connectivity index is 3.62. The van der Waals surface area contributed by atoms with Crippen LogP contribution in [-0.4, -0.2) is 22.2 Å². The molecule has 0 aromatic rings. The molecule has 0 radical (unpaired) electrons. The first-order valence-electron chi connectivity index (χ1n) is 6.96. The third-order valence-corrected chi connectivity index (χ3v) is 5.00. The van der Waals surface area contributed by atoms with Gasteiger partial charge >= 0.3 is 11.9 Å². The minimum absolute atomic E-state index is 0.280. The normalized spacial score (nSPS) is 38.1. The monoisotopic (exact) mass is 268 g/mol. The molecule has 1 aliphatic carbocycles. The quantitative estimate of drug-likeness (QED) is 0.751. The van der Waals surface area contributed by atoms with E-state index in [9.17, 15) is 19.8 Å². The molecule has 0 saturated carbocycles. The Morgan fingerprint density at radius 3 is 1.74 bits per heavy atom. The van der Waals surface area contributed by atoms with Gasteiger partial charge in [-0.3, -0.25) is 9.59 Å². The molecule has 108 valence electrons. The van der Waals surface area contributed by atoms with Gasteiger partial charge in [0.2, 0.25) is 0 Å². The molecule has 4 heteroatoms. The third-order valence-electron chi connectivity index (χ3n) is 5.00. The van der Waals surface area contributed by atoms with Crippen molar-refractivity contribution in [2.24, 2.45) is 22.7 Å². The Labute approximate surface area is 114 Å². The lowest BCUT2D eigenvalue weighted by Gasteiger charge is -2.52. The van der Waals surface area contributed by atoms with Crippen LogP contribution in [0.15, 0.2) is 12.2 Å². The number of aliphatic carboxylic acids is 2. The summed E-state index contributed by atoms with van der Waals surface area (Å²) in [4.78, 5) is 24.0. The molecule has 0 aromatic carbocycles. The van der Waals surface area contributed by atoms with Gasteiger partial charge in [-0.25, -0.2) is 0 Å². The van der Waals surface area contributed by atoms with E-state index >= 15 is 0 Å². The fourth-order valence-corrected chi connectivity index (χ4v) is 3.99. The maximum absolute atomic E-state index is 12.0. The van der Waals surface area contributed by atoms with Crippen LogP contribution >= 0.6 is 0 Å². The summed E-state index contributed by atoms with van der Waals surface area (Å²) in [6, 6.07) is 0. The van der Waals surface area contributed by atoms with Gasteiger partial charge in [0.15, 0.2) is 0 Å². The van der Waals surface area contributed by atoms with Gasteiger partial charge in [-0.1, -0.05) is 46.3 Å². The van der Waals surface area contributed by atoms with Crippen LogP contribution in [0, 0.1) is 22.7 Å². The second kappa shape index (κ2) is 5.35. The van der Waals surface area contributed by atoms with E-state index in [1.807, 2.05) is 32.9 Å². The van der Waals surface area contributed by atoms with Gasteiger partial charge in [0.25, 0.3) is 0 Å². The molecule has 2 unspecified atom stereocenters. The first-order valence-corrected chi connectivity index (χ1v) is 6.96. The molecule has 0 aliphatic heterocycles. The average Bonchev–Trinajstić information content (AvgIpc) is 2.33. The summed E-state index contributed by atoms with van der Waals surface area (Å²) in [6.45, 7) is 7.32. The van der Waals surface area contributed by atoms with E-state index in [0.717, 1.165) is 0 Å². The molecule has 0 spiro atoms. The van der Waals surface area contributed by atoms with Crippen LogP contribution < -0.4 is 0 Å². The fourth-order valence-electron chi connectivity index (χ4n) is 3.99. The predicted octanol–water partition coefficient (Wildman–Crippen LogP) is 3.18. The summed E-state index contributed by atoms with van der Waals surface area (Å²) in [5, 5.41) is 19.6.